The van der Waals surface area contributed by atoms with E-state index < -0.39 is 0 Å². The van der Waals surface area contributed by atoms with E-state index in [0.717, 1.165) is 45.0 Å². The molecule has 2 aromatic carbocycles. The van der Waals surface area contributed by atoms with Crippen LogP contribution in [-0.2, 0) is 0 Å². The highest BCUT2D eigenvalue weighted by molar-refractivity contribution is 5.88. The van der Waals surface area contributed by atoms with E-state index in [1.54, 1.807) is 0 Å². The monoisotopic (exact) mass is 421 g/mol. The summed E-state index contributed by atoms with van der Waals surface area (Å²) in [5, 5.41) is 8.20. The fraction of sp³-hybridized carbons (Fsp3) is 0.148. The molecule has 32 heavy (non-hydrogen) atoms. The van der Waals surface area contributed by atoms with Gasteiger partial charge in [0.05, 0.1) is 22.8 Å². The number of hydrogen-bond donors (Lipinski definition) is 0. The quantitative estimate of drug-likeness (QED) is 0.314. The molecule has 0 unspecified atom stereocenters. The van der Waals surface area contributed by atoms with Gasteiger partial charge < -0.3 is 9.05 Å². The van der Waals surface area contributed by atoms with Gasteiger partial charge in [-0.3, -0.25) is 0 Å². The molecule has 0 aliphatic heterocycles. The summed E-state index contributed by atoms with van der Waals surface area (Å²) >= 11 is 0. The van der Waals surface area contributed by atoms with E-state index in [0.29, 0.717) is 11.5 Å². The smallest absolute Gasteiger partial charge is 0.169 e. The van der Waals surface area contributed by atoms with Crippen LogP contribution in [0.25, 0.3) is 45.2 Å². The molecule has 5 nitrogen and oxygen atoms in total. The number of aromatic nitrogens is 3. The molecule has 0 saturated carbocycles. The van der Waals surface area contributed by atoms with Gasteiger partial charge in [-0.2, -0.15) is 0 Å². The number of benzene rings is 2. The van der Waals surface area contributed by atoms with Gasteiger partial charge in [0.25, 0.3) is 0 Å². The maximum atomic E-state index is 5.66. The van der Waals surface area contributed by atoms with Crippen molar-refractivity contribution in [1.29, 1.82) is 0 Å². The Morgan fingerprint density at radius 2 is 0.938 bits per heavy atom. The lowest BCUT2D eigenvalue weighted by Gasteiger charge is -2.14. The standard InChI is InChI=1S/C27H23N3O2/c1-16-5-9-20(10-6-16)26-22(24-13-18(3)29-31-24)15-23(25-14-19(4)30-32-25)27(28-26)21-11-7-17(2)8-12-21/h5-15H,1-4H3. The van der Waals surface area contributed by atoms with Crippen LogP contribution in [0.5, 0.6) is 0 Å². The normalized spacial score (nSPS) is 11.1. The second kappa shape index (κ2) is 7.93. The minimum Gasteiger partial charge on any atom is -0.356 e. The number of pyridine rings is 1. The number of nitrogens with zero attached hydrogens (tertiary/aromatic N) is 3. The van der Waals surface area contributed by atoms with E-state index in [-0.39, 0.29) is 0 Å². The van der Waals surface area contributed by atoms with Gasteiger partial charge in [0.1, 0.15) is 0 Å². The minimum absolute atomic E-state index is 0.665. The van der Waals surface area contributed by atoms with Crippen molar-refractivity contribution in [2.75, 3.05) is 0 Å². The topological polar surface area (TPSA) is 65.0 Å². The Morgan fingerprint density at radius 3 is 1.28 bits per heavy atom. The molecule has 0 N–H and O–H groups in total. The van der Waals surface area contributed by atoms with Crippen LogP contribution in [0.15, 0.2) is 75.8 Å². The lowest BCUT2D eigenvalue weighted by molar-refractivity contribution is 0.425. The molecule has 158 valence electrons. The van der Waals surface area contributed by atoms with Gasteiger partial charge in [-0.1, -0.05) is 70.0 Å². The average molecular weight is 422 g/mol. The first kappa shape index (κ1) is 19.9. The molecule has 5 heteroatoms. The van der Waals surface area contributed by atoms with Crippen LogP contribution < -0.4 is 0 Å². The molecule has 0 fully saturated rings. The second-order valence-corrected chi connectivity index (χ2v) is 8.18. The largest absolute Gasteiger partial charge is 0.356 e. The average Bonchev–Trinajstić information content (AvgIpc) is 3.42. The van der Waals surface area contributed by atoms with Gasteiger partial charge in [0.15, 0.2) is 11.5 Å². The summed E-state index contributed by atoms with van der Waals surface area (Å²) < 4.78 is 11.3. The summed E-state index contributed by atoms with van der Waals surface area (Å²) in [5.74, 6) is 1.33. The first-order valence-corrected chi connectivity index (χ1v) is 10.5. The maximum absolute atomic E-state index is 5.66. The van der Waals surface area contributed by atoms with Gasteiger partial charge in [-0.15, -0.1) is 0 Å². The van der Waals surface area contributed by atoms with Crippen LogP contribution in [0.4, 0.5) is 0 Å². The molecule has 0 aliphatic carbocycles. The third-order valence-corrected chi connectivity index (χ3v) is 5.46. The molecular formula is C27H23N3O2. The molecule has 0 saturated heterocycles. The number of hydrogen-bond acceptors (Lipinski definition) is 5. The molecule has 3 aromatic heterocycles. The zero-order valence-electron chi connectivity index (χ0n) is 18.5. The highest BCUT2D eigenvalue weighted by Crippen LogP contribution is 2.40. The fourth-order valence-electron chi connectivity index (χ4n) is 3.73. The Kier molecular flexibility index (Phi) is 4.94. The van der Waals surface area contributed by atoms with Crippen LogP contribution in [0, 0.1) is 27.7 Å². The van der Waals surface area contributed by atoms with Gasteiger partial charge in [-0.05, 0) is 33.8 Å². The molecule has 0 atom stereocenters. The van der Waals surface area contributed by atoms with E-state index in [1.807, 2.05) is 26.0 Å². The van der Waals surface area contributed by atoms with Crippen molar-refractivity contribution in [2.24, 2.45) is 0 Å². The summed E-state index contributed by atoms with van der Waals surface area (Å²) in [7, 11) is 0. The first-order chi connectivity index (χ1) is 15.5. The predicted octanol–water partition coefficient (Wildman–Crippen LogP) is 6.96. The lowest BCUT2D eigenvalue weighted by Crippen LogP contribution is -1.96. The molecule has 0 amide bonds. The van der Waals surface area contributed by atoms with Crippen LogP contribution in [0.3, 0.4) is 0 Å². The van der Waals surface area contributed by atoms with Crippen molar-refractivity contribution >= 4 is 0 Å². The Labute approximate surface area is 186 Å². The zero-order valence-corrected chi connectivity index (χ0v) is 18.5. The van der Waals surface area contributed by atoms with E-state index in [9.17, 15) is 0 Å². The van der Waals surface area contributed by atoms with Gasteiger partial charge in [0, 0.05) is 34.4 Å². The Hall–Kier alpha value is -3.99. The third-order valence-electron chi connectivity index (χ3n) is 5.46. The van der Waals surface area contributed by atoms with Crippen molar-refractivity contribution < 1.29 is 9.05 Å². The molecule has 0 bridgehead atoms. The summed E-state index contributed by atoms with van der Waals surface area (Å²) in [5.41, 5.74) is 9.40. The Morgan fingerprint density at radius 1 is 0.531 bits per heavy atom. The Balaban J connectivity index is 1.83. The summed E-state index contributed by atoms with van der Waals surface area (Å²) in [6.45, 7) is 7.97. The van der Waals surface area contributed by atoms with E-state index in [1.165, 1.54) is 11.1 Å². The van der Waals surface area contributed by atoms with Gasteiger partial charge >= 0.3 is 0 Å². The SMILES string of the molecule is Cc1ccc(-c2nc(-c3ccc(C)cc3)c(-c3cc(C)no3)cc2-c2cc(C)no2)cc1. The van der Waals surface area contributed by atoms with Crippen LogP contribution in [-0.4, -0.2) is 15.3 Å². The van der Waals surface area contributed by atoms with Crippen LogP contribution in [0.2, 0.25) is 0 Å². The van der Waals surface area contributed by atoms with E-state index in [2.05, 4.69) is 78.8 Å². The van der Waals surface area contributed by atoms with E-state index in [4.69, 9.17) is 14.0 Å². The van der Waals surface area contributed by atoms with Gasteiger partial charge in [0.2, 0.25) is 0 Å². The molecule has 3 heterocycles. The second-order valence-electron chi connectivity index (χ2n) is 8.18. The third kappa shape index (κ3) is 3.73. The number of rotatable bonds is 4. The predicted molar refractivity (Wildman–Crippen MR) is 125 cm³/mol. The maximum Gasteiger partial charge on any atom is 0.169 e. The van der Waals surface area contributed by atoms with Crippen molar-refractivity contribution in [3.05, 3.63) is 89.2 Å². The molecule has 5 aromatic rings. The summed E-state index contributed by atoms with van der Waals surface area (Å²) in [6.07, 6.45) is 0. The molecule has 0 radical (unpaired) electrons. The first-order valence-electron chi connectivity index (χ1n) is 10.5. The fourth-order valence-corrected chi connectivity index (χ4v) is 3.73. The molecular weight excluding hydrogens is 398 g/mol. The Bertz CT molecular complexity index is 1290. The molecule has 5 rings (SSSR count). The van der Waals surface area contributed by atoms with Crippen molar-refractivity contribution in [3.63, 3.8) is 0 Å². The van der Waals surface area contributed by atoms with Crippen LogP contribution in [0.1, 0.15) is 22.5 Å². The van der Waals surface area contributed by atoms with Crippen LogP contribution >= 0.6 is 0 Å². The van der Waals surface area contributed by atoms with Crippen molar-refractivity contribution in [1.82, 2.24) is 15.3 Å². The minimum atomic E-state index is 0.665. The number of aryl methyl sites for hydroxylation is 4. The van der Waals surface area contributed by atoms with E-state index >= 15 is 0 Å². The zero-order chi connectivity index (χ0) is 22.2. The molecule has 0 spiro atoms. The summed E-state index contributed by atoms with van der Waals surface area (Å²) in [4.78, 5) is 5.17. The highest BCUT2D eigenvalue weighted by Gasteiger charge is 2.21. The highest BCUT2D eigenvalue weighted by atomic mass is 16.5. The summed E-state index contributed by atoms with van der Waals surface area (Å²) in [6, 6.07) is 22.6. The molecule has 0 aliphatic rings. The van der Waals surface area contributed by atoms with Crippen molar-refractivity contribution in [3.8, 4) is 45.2 Å². The van der Waals surface area contributed by atoms with Gasteiger partial charge in [-0.25, -0.2) is 4.98 Å². The van der Waals surface area contributed by atoms with Crippen molar-refractivity contribution in [2.45, 2.75) is 27.7 Å². The lowest BCUT2D eigenvalue weighted by atomic mass is 9.95.